The summed E-state index contributed by atoms with van der Waals surface area (Å²) in [4.78, 5) is 14.4. The maximum atomic E-state index is 13.0. The lowest BCUT2D eigenvalue weighted by atomic mass is 9.90. The van der Waals surface area contributed by atoms with E-state index in [0.717, 1.165) is 38.0 Å². The van der Waals surface area contributed by atoms with E-state index in [9.17, 15) is 9.18 Å². The SMILES string of the molecule is Nc1cccc(NC(=O)CN2CCC(Cc3ccc(F)cc3)CC2)c1. The Balaban J connectivity index is 1.42. The summed E-state index contributed by atoms with van der Waals surface area (Å²) in [5, 5.41) is 2.89. The first-order chi connectivity index (χ1) is 12.1. The molecule has 1 fully saturated rings. The number of halogens is 1. The molecule has 0 bridgehead atoms. The Labute approximate surface area is 147 Å². The van der Waals surface area contributed by atoms with Crippen LogP contribution in [0.5, 0.6) is 0 Å². The maximum Gasteiger partial charge on any atom is 0.238 e. The molecule has 1 aliphatic heterocycles. The average molecular weight is 341 g/mol. The topological polar surface area (TPSA) is 58.4 Å². The summed E-state index contributed by atoms with van der Waals surface area (Å²) in [7, 11) is 0. The molecule has 4 nitrogen and oxygen atoms in total. The number of benzene rings is 2. The quantitative estimate of drug-likeness (QED) is 0.821. The molecule has 3 N–H and O–H groups in total. The van der Waals surface area contributed by atoms with E-state index >= 15 is 0 Å². The second-order valence-corrected chi connectivity index (χ2v) is 6.72. The zero-order valence-electron chi connectivity index (χ0n) is 14.2. The minimum Gasteiger partial charge on any atom is -0.399 e. The van der Waals surface area contributed by atoms with Crippen molar-refractivity contribution in [3.63, 3.8) is 0 Å². The summed E-state index contributed by atoms with van der Waals surface area (Å²) >= 11 is 0. The lowest BCUT2D eigenvalue weighted by molar-refractivity contribution is -0.117. The molecule has 0 atom stereocenters. The van der Waals surface area contributed by atoms with Gasteiger partial charge in [-0.15, -0.1) is 0 Å². The van der Waals surface area contributed by atoms with Gasteiger partial charge < -0.3 is 11.1 Å². The number of carbonyl (C=O) groups is 1. The number of likely N-dealkylation sites (tertiary alicyclic amines) is 1. The highest BCUT2D eigenvalue weighted by Crippen LogP contribution is 2.22. The molecule has 3 rings (SSSR count). The summed E-state index contributed by atoms with van der Waals surface area (Å²) in [6, 6.07) is 14.0. The molecule has 5 heteroatoms. The number of nitrogen functional groups attached to an aromatic ring is 1. The molecule has 1 amide bonds. The Kier molecular flexibility index (Phi) is 5.66. The Morgan fingerprint density at radius 1 is 1.16 bits per heavy atom. The smallest absolute Gasteiger partial charge is 0.238 e. The van der Waals surface area contributed by atoms with Gasteiger partial charge in [-0.1, -0.05) is 18.2 Å². The number of piperidine rings is 1. The fourth-order valence-electron chi connectivity index (χ4n) is 3.32. The lowest BCUT2D eigenvalue weighted by Crippen LogP contribution is -2.39. The molecule has 0 aliphatic carbocycles. The van der Waals surface area contributed by atoms with Gasteiger partial charge in [0, 0.05) is 11.4 Å². The first-order valence-corrected chi connectivity index (χ1v) is 8.71. The van der Waals surface area contributed by atoms with Crippen molar-refractivity contribution in [2.45, 2.75) is 19.3 Å². The van der Waals surface area contributed by atoms with Crippen molar-refractivity contribution in [2.75, 3.05) is 30.7 Å². The molecule has 25 heavy (non-hydrogen) atoms. The largest absolute Gasteiger partial charge is 0.399 e. The van der Waals surface area contributed by atoms with Crippen molar-refractivity contribution in [2.24, 2.45) is 5.92 Å². The van der Waals surface area contributed by atoms with Gasteiger partial charge in [0.05, 0.1) is 6.54 Å². The number of nitrogens with two attached hydrogens (primary N) is 1. The molecular weight excluding hydrogens is 317 g/mol. The Bertz CT molecular complexity index is 709. The molecule has 0 radical (unpaired) electrons. The van der Waals surface area contributed by atoms with Gasteiger partial charge in [-0.3, -0.25) is 9.69 Å². The van der Waals surface area contributed by atoms with Gasteiger partial charge in [-0.2, -0.15) is 0 Å². The minimum absolute atomic E-state index is 0.0115. The van der Waals surface area contributed by atoms with Crippen molar-refractivity contribution < 1.29 is 9.18 Å². The van der Waals surface area contributed by atoms with Crippen LogP contribution in [-0.2, 0) is 11.2 Å². The molecule has 2 aromatic carbocycles. The van der Waals surface area contributed by atoms with Crippen LogP contribution < -0.4 is 11.1 Å². The van der Waals surface area contributed by atoms with Crippen LogP contribution in [0.2, 0.25) is 0 Å². The standard InChI is InChI=1S/C20H24FN3O/c21-17-6-4-15(5-7-17)12-16-8-10-24(11-9-16)14-20(25)23-19-3-1-2-18(22)13-19/h1-7,13,16H,8-12,14,22H2,(H,23,25). The Morgan fingerprint density at radius 3 is 2.56 bits per heavy atom. The van der Waals surface area contributed by atoms with E-state index in [-0.39, 0.29) is 11.7 Å². The van der Waals surface area contributed by atoms with Crippen LogP contribution in [0.4, 0.5) is 15.8 Å². The molecule has 0 unspecified atom stereocenters. The summed E-state index contributed by atoms with van der Waals surface area (Å²) < 4.78 is 13.0. The maximum absolute atomic E-state index is 13.0. The van der Waals surface area contributed by atoms with Crippen LogP contribution in [0.3, 0.4) is 0 Å². The normalized spacial score (nSPS) is 15.9. The number of rotatable bonds is 5. The van der Waals surface area contributed by atoms with Gasteiger partial charge in [-0.05, 0) is 74.2 Å². The third-order valence-electron chi connectivity index (χ3n) is 4.68. The van der Waals surface area contributed by atoms with Crippen LogP contribution in [0.15, 0.2) is 48.5 Å². The third kappa shape index (κ3) is 5.29. The van der Waals surface area contributed by atoms with Gasteiger partial charge in [0.2, 0.25) is 5.91 Å². The fourth-order valence-corrected chi connectivity index (χ4v) is 3.32. The molecular formula is C20H24FN3O. The van der Waals surface area contributed by atoms with Gasteiger partial charge in [0.15, 0.2) is 0 Å². The summed E-state index contributed by atoms with van der Waals surface area (Å²) in [5.41, 5.74) is 8.27. The third-order valence-corrected chi connectivity index (χ3v) is 4.68. The molecule has 2 aromatic rings. The van der Waals surface area contributed by atoms with Crippen molar-refractivity contribution in [1.29, 1.82) is 0 Å². The zero-order chi connectivity index (χ0) is 17.6. The number of anilines is 2. The molecule has 1 saturated heterocycles. The van der Waals surface area contributed by atoms with Crippen LogP contribution in [0, 0.1) is 11.7 Å². The zero-order valence-corrected chi connectivity index (χ0v) is 14.2. The van der Waals surface area contributed by atoms with Gasteiger partial charge in [0.1, 0.15) is 5.82 Å². The lowest BCUT2D eigenvalue weighted by Gasteiger charge is -2.31. The molecule has 0 saturated carbocycles. The molecule has 1 heterocycles. The van der Waals surface area contributed by atoms with Crippen molar-refractivity contribution >= 4 is 17.3 Å². The number of hydrogen-bond acceptors (Lipinski definition) is 3. The van der Waals surface area contributed by atoms with E-state index in [1.165, 1.54) is 17.7 Å². The predicted molar refractivity (Wildman–Crippen MR) is 98.8 cm³/mol. The van der Waals surface area contributed by atoms with Crippen molar-refractivity contribution in [1.82, 2.24) is 4.90 Å². The first-order valence-electron chi connectivity index (χ1n) is 8.71. The number of nitrogens with one attached hydrogen (secondary N) is 1. The average Bonchev–Trinajstić information content (AvgIpc) is 2.59. The Hall–Kier alpha value is -2.40. The van der Waals surface area contributed by atoms with Crippen LogP contribution in [0.25, 0.3) is 0 Å². The monoisotopic (exact) mass is 341 g/mol. The van der Waals surface area contributed by atoms with E-state index < -0.39 is 0 Å². The second kappa shape index (κ2) is 8.12. The predicted octanol–water partition coefficient (Wildman–Crippen LogP) is 3.30. The van der Waals surface area contributed by atoms with E-state index in [1.807, 2.05) is 24.3 Å². The van der Waals surface area contributed by atoms with Crippen molar-refractivity contribution in [3.8, 4) is 0 Å². The van der Waals surface area contributed by atoms with Crippen LogP contribution in [0.1, 0.15) is 18.4 Å². The van der Waals surface area contributed by atoms with E-state index in [2.05, 4.69) is 10.2 Å². The summed E-state index contributed by atoms with van der Waals surface area (Å²) in [6.07, 6.45) is 3.09. The van der Waals surface area contributed by atoms with Crippen LogP contribution >= 0.6 is 0 Å². The highest BCUT2D eigenvalue weighted by atomic mass is 19.1. The van der Waals surface area contributed by atoms with Gasteiger partial charge in [0.25, 0.3) is 0 Å². The Morgan fingerprint density at radius 2 is 1.88 bits per heavy atom. The number of nitrogens with zero attached hydrogens (tertiary/aromatic N) is 1. The number of carbonyl (C=O) groups excluding carboxylic acids is 1. The van der Waals surface area contributed by atoms with Crippen molar-refractivity contribution in [3.05, 3.63) is 59.9 Å². The molecule has 0 aromatic heterocycles. The molecule has 0 spiro atoms. The van der Waals surface area contributed by atoms with E-state index in [1.54, 1.807) is 12.1 Å². The number of hydrogen-bond donors (Lipinski definition) is 2. The summed E-state index contributed by atoms with van der Waals surface area (Å²) in [6.45, 7) is 2.23. The van der Waals surface area contributed by atoms with Gasteiger partial charge in [-0.25, -0.2) is 4.39 Å². The second-order valence-electron chi connectivity index (χ2n) is 6.72. The fraction of sp³-hybridized carbons (Fsp3) is 0.350. The van der Waals surface area contributed by atoms with Crippen LogP contribution in [-0.4, -0.2) is 30.4 Å². The molecule has 1 aliphatic rings. The summed E-state index contributed by atoms with van der Waals surface area (Å²) in [5.74, 6) is 0.394. The molecule has 132 valence electrons. The minimum atomic E-state index is -0.190. The van der Waals surface area contributed by atoms with E-state index in [0.29, 0.717) is 18.2 Å². The number of amides is 1. The highest BCUT2D eigenvalue weighted by molar-refractivity contribution is 5.92. The highest BCUT2D eigenvalue weighted by Gasteiger charge is 2.21. The van der Waals surface area contributed by atoms with E-state index in [4.69, 9.17) is 5.73 Å². The first kappa shape index (κ1) is 17.4. The van der Waals surface area contributed by atoms with Gasteiger partial charge >= 0.3 is 0 Å².